The van der Waals surface area contributed by atoms with Crippen LogP contribution in [0, 0.1) is 6.92 Å². The fourth-order valence-electron chi connectivity index (χ4n) is 3.32. The van der Waals surface area contributed by atoms with Crippen molar-refractivity contribution in [3.63, 3.8) is 0 Å². The Balaban J connectivity index is 1.60. The van der Waals surface area contributed by atoms with Crippen LogP contribution in [0.5, 0.6) is 0 Å². The standard InChI is InChI=1S/C18H20N6O/c1-12-10-16(22-23(12)2)18(25)21-15-4-3-5-17-14(15)11-20-24(17)13-6-8-19-9-7-13/h6-11,15H,3-5H2,1-2H3,(H,21,25)/t15-/m1/s1. The molecular formula is C18H20N6O. The zero-order valence-electron chi connectivity index (χ0n) is 14.3. The van der Waals surface area contributed by atoms with E-state index in [1.54, 1.807) is 23.1 Å². The summed E-state index contributed by atoms with van der Waals surface area (Å²) in [6.45, 7) is 1.93. The minimum atomic E-state index is -0.141. The van der Waals surface area contributed by atoms with Gasteiger partial charge in [0.05, 0.1) is 17.9 Å². The van der Waals surface area contributed by atoms with Gasteiger partial charge in [-0.25, -0.2) is 4.68 Å². The van der Waals surface area contributed by atoms with Crippen molar-refractivity contribution in [1.82, 2.24) is 29.9 Å². The molecular weight excluding hydrogens is 316 g/mol. The minimum absolute atomic E-state index is 0.0332. The van der Waals surface area contributed by atoms with E-state index < -0.39 is 0 Å². The average Bonchev–Trinajstić information content (AvgIpc) is 3.20. The van der Waals surface area contributed by atoms with Gasteiger partial charge >= 0.3 is 0 Å². The third-order valence-electron chi connectivity index (χ3n) is 4.74. The summed E-state index contributed by atoms with van der Waals surface area (Å²) in [5.74, 6) is -0.141. The molecule has 0 unspecified atom stereocenters. The third kappa shape index (κ3) is 2.82. The molecule has 25 heavy (non-hydrogen) atoms. The molecule has 0 fully saturated rings. The van der Waals surface area contributed by atoms with Gasteiger partial charge < -0.3 is 5.32 Å². The Labute approximate surface area is 145 Å². The van der Waals surface area contributed by atoms with Crippen LogP contribution >= 0.6 is 0 Å². The molecule has 3 aromatic rings. The Bertz CT molecular complexity index is 892. The molecule has 3 heterocycles. The van der Waals surface area contributed by atoms with Crippen LogP contribution in [0.1, 0.15) is 46.3 Å². The zero-order chi connectivity index (χ0) is 17.4. The molecule has 4 rings (SSSR count). The number of aryl methyl sites for hydroxylation is 2. The molecule has 128 valence electrons. The number of aromatic nitrogens is 5. The highest BCUT2D eigenvalue weighted by Crippen LogP contribution is 2.31. The van der Waals surface area contributed by atoms with E-state index in [9.17, 15) is 4.79 Å². The molecule has 3 aromatic heterocycles. The highest BCUT2D eigenvalue weighted by atomic mass is 16.2. The number of carbonyl (C=O) groups is 1. The van der Waals surface area contributed by atoms with Gasteiger partial charge in [0.25, 0.3) is 5.91 Å². The number of hydrogen-bond acceptors (Lipinski definition) is 4. The monoisotopic (exact) mass is 336 g/mol. The zero-order valence-corrected chi connectivity index (χ0v) is 14.3. The summed E-state index contributed by atoms with van der Waals surface area (Å²) >= 11 is 0. The van der Waals surface area contributed by atoms with Crippen molar-refractivity contribution in [1.29, 1.82) is 0 Å². The van der Waals surface area contributed by atoms with Crippen molar-refractivity contribution in [2.45, 2.75) is 32.2 Å². The van der Waals surface area contributed by atoms with Gasteiger partial charge in [-0.2, -0.15) is 10.2 Å². The van der Waals surface area contributed by atoms with Gasteiger partial charge in [-0.05, 0) is 44.4 Å². The van der Waals surface area contributed by atoms with Gasteiger partial charge in [0.1, 0.15) is 5.69 Å². The van der Waals surface area contributed by atoms with Crippen LogP contribution in [0.15, 0.2) is 36.8 Å². The number of nitrogens with zero attached hydrogens (tertiary/aromatic N) is 5. The van der Waals surface area contributed by atoms with Crippen LogP contribution in [-0.4, -0.2) is 30.5 Å². The fraction of sp³-hybridized carbons (Fsp3) is 0.333. The first-order chi connectivity index (χ1) is 12.1. The summed E-state index contributed by atoms with van der Waals surface area (Å²) in [4.78, 5) is 16.6. The fourth-order valence-corrected chi connectivity index (χ4v) is 3.32. The number of rotatable bonds is 3. The molecule has 7 heteroatoms. The molecule has 0 radical (unpaired) electrons. The van der Waals surface area contributed by atoms with E-state index in [1.165, 1.54) is 0 Å². The van der Waals surface area contributed by atoms with E-state index in [1.807, 2.05) is 37.0 Å². The van der Waals surface area contributed by atoms with E-state index >= 15 is 0 Å². The maximum absolute atomic E-state index is 12.5. The number of carbonyl (C=O) groups excluding carboxylic acids is 1. The predicted octanol–water partition coefficient (Wildman–Crippen LogP) is 2.12. The average molecular weight is 336 g/mol. The van der Waals surface area contributed by atoms with E-state index in [0.717, 1.165) is 41.9 Å². The largest absolute Gasteiger partial charge is 0.344 e. The Morgan fingerprint density at radius 2 is 2.12 bits per heavy atom. The van der Waals surface area contributed by atoms with Crippen molar-refractivity contribution < 1.29 is 4.79 Å². The van der Waals surface area contributed by atoms with E-state index in [4.69, 9.17) is 0 Å². The highest BCUT2D eigenvalue weighted by molar-refractivity contribution is 5.92. The lowest BCUT2D eigenvalue weighted by molar-refractivity contribution is 0.0927. The number of hydrogen-bond donors (Lipinski definition) is 1. The van der Waals surface area contributed by atoms with Crippen LogP contribution in [0.3, 0.4) is 0 Å². The molecule has 0 aliphatic heterocycles. The quantitative estimate of drug-likeness (QED) is 0.795. The number of amides is 1. The van der Waals surface area contributed by atoms with Crippen molar-refractivity contribution in [3.8, 4) is 5.69 Å². The second kappa shape index (κ2) is 6.16. The normalized spacial score (nSPS) is 16.5. The molecule has 1 amide bonds. The smallest absolute Gasteiger partial charge is 0.272 e. The van der Waals surface area contributed by atoms with E-state index in [2.05, 4.69) is 20.5 Å². The Hall–Kier alpha value is -2.96. The van der Waals surface area contributed by atoms with Crippen molar-refractivity contribution in [2.24, 2.45) is 7.05 Å². The molecule has 1 aliphatic rings. The lowest BCUT2D eigenvalue weighted by Gasteiger charge is -2.24. The van der Waals surface area contributed by atoms with Crippen molar-refractivity contribution in [3.05, 3.63) is 59.4 Å². The van der Waals surface area contributed by atoms with Crippen LogP contribution in [0.4, 0.5) is 0 Å². The lowest BCUT2D eigenvalue weighted by Crippen LogP contribution is -2.31. The van der Waals surface area contributed by atoms with Crippen LogP contribution in [-0.2, 0) is 13.5 Å². The molecule has 0 aromatic carbocycles. The van der Waals surface area contributed by atoms with Gasteiger partial charge in [0.2, 0.25) is 0 Å². The Morgan fingerprint density at radius 1 is 1.32 bits per heavy atom. The number of nitrogens with one attached hydrogen (secondary N) is 1. The maximum atomic E-state index is 12.5. The molecule has 1 atom stereocenters. The lowest BCUT2D eigenvalue weighted by atomic mass is 9.92. The third-order valence-corrected chi connectivity index (χ3v) is 4.74. The summed E-state index contributed by atoms with van der Waals surface area (Å²) in [6, 6.07) is 5.65. The summed E-state index contributed by atoms with van der Waals surface area (Å²) in [5.41, 5.74) is 4.64. The summed E-state index contributed by atoms with van der Waals surface area (Å²) in [7, 11) is 1.84. The second-order valence-electron chi connectivity index (χ2n) is 6.38. The summed E-state index contributed by atoms with van der Waals surface area (Å²) < 4.78 is 3.66. The maximum Gasteiger partial charge on any atom is 0.272 e. The van der Waals surface area contributed by atoms with Gasteiger partial charge in [0.15, 0.2) is 0 Å². The molecule has 7 nitrogen and oxygen atoms in total. The predicted molar refractivity (Wildman–Crippen MR) is 92.4 cm³/mol. The summed E-state index contributed by atoms with van der Waals surface area (Å²) in [5, 5.41) is 11.9. The number of fused-ring (bicyclic) bond motifs is 1. The van der Waals surface area contributed by atoms with E-state index in [-0.39, 0.29) is 11.9 Å². The van der Waals surface area contributed by atoms with Crippen LogP contribution in [0.2, 0.25) is 0 Å². The molecule has 0 saturated heterocycles. The second-order valence-corrected chi connectivity index (χ2v) is 6.38. The Morgan fingerprint density at radius 3 is 2.84 bits per heavy atom. The first-order valence-electron chi connectivity index (χ1n) is 8.42. The Kier molecular flexibility index (Phi) is 3.83. The molecule has 1 aliphatic carbocycles. The van der Waals surface area contributed by atoms with Gasteiger partial charge in [0, 0.05) is 36.4 Å². The van der Waals surface area contributed by atoms with Crippen molar-refractivity contribution in [2.75, 3.05) is 0 Å². The number of pyridine rings is 1. The minimum Gasteiger partial charge on any atom is -0.344 e. The van der Waals surface area contributed by atoms with Crippen LogP contribution < -0.4 is 5.32 Å². The first-order valence-corrected chi connectivity index (χ1v) is 8.42. The van der Waals surface area contributed by atoms with Gasteiger partial charge in [-0.3, -0.25) is 14.5 Å². The SMILES string of the molecule is Cc1cc(C(=O)N[C@@H]2CCCc3c2cnn3-c2ccncc2)nn1C. The van der Waals surface area contributed by atoms with Crippen molar-refractivity contribution >= 4 is 5.91 Å². The highest BCUT2D eigenvalue weighted by Gasteiger charge is 2.27. The molecule has 0 bridgehead atoms. The first kappa shape index (κ1) is 15.6. The molecule has 1 N–H and O–H groups in total. The summed E-state index contributed by atoms with van der Waals surface area (Å²) in [6.07, 6.45) is 8.25. The topological polar surface area (TPSA) is 77.6 Å². The van der Waals surface area contributed by atoms with E-state index in [0.29, 0.717) is 5.69 Å². The van der Waals surface area contributed by atoms with Gasteiger partial charge in [-0.1, -0.05) is 0 Å². The van der Waals surface area contributed by atoms with Crippen LogP contribution in [0.25, 0.3) is 5.69 Å². The molecule has 0 saturated carbocycles. The van der Waals surface area contributed by atoms with Gasteiger partial charge in [-0.15, -0.1) is 0 Å². The molecule has 0 spiro atoms.